The van der Waals surface area contributed by atoms with Crippen LogP contribution in [0.5, 0.6) is 11.6 Å². The number of benzene rings is 1. The Hall–Kier alpha value is -1.13. The van der Waals surface area contributed by atoms with E-state index in [4.69, 9.17) is 16.3 Å². The smallest absolute Gasteiger partial charge is 0.219 e. The third-order valence-electron chi connectivity index (χ3n) is 2.07. The highest BCUT2D eigenvalue weighted by molar-refractivity contribution is 9.10. The molecule has 2 aromatic rings. The molecular weight excluding hydrogens is 308 g/mol. The van der Waals surface area contributed by atoms with Gasteiger partial charge in [-0.1, -0.05) is 0 Å². The van der Waals surface area contributed by atoms with Gasteiger partial charge in [0.1, 0.15) is 11.6 Å². The molecule has 0 amide bonds. The molecule has 88 valence electrons. The van der Waals surface area contributed by atoms with E-state index in [2.05, 4.69) is 20.9 Å². The predicted octanol–water partition coefficient (Wildman–Crippen LogP) is 4.51. The van der Waals surface area contributed by atoms with Crippen molar-refractivity contribution < 1.29 is 9.13 Å². The molecule has 0 saturated heterocycles. The molecule has 2 rings (SSSR count). The Bertz CT molecular complexity index is 536. The molecule has 0 aliphatic carbocycles. The molecule has 2 nitrogen and oxygen atoms in total. The third kappa shape index (κ3) is 3.17. The SMILES string of the molecule is Fc1ccc(Oc2cc(CCl)ccn2)cc1Br. The average molecular weight is 317 g/mol. The second-order valence-electron chi connectivity index (χ2n) is 3.31. The molecular formula is C12H8BrClFNO. The number of hydrogen-bond acceptors (Lipinski definition) is 2. The molecule has 0 spiro atoms. The Morgan fingerprint density at radius 2 is 2.12 bits per heavy atom. The monoisotopic (exact) mass is 315 g/mol. The highest BCUT2D eigenvalue weighted by atomic mass is 79.9. The largest absolute Gasteiger partial charge is 0.439 e. The molecule has 0 atom stereocenters. The van der Waals surface area contributed by atoms with Crippen LogP contribution in [0.15, 0.2) is 41.0 Å². The van der Waals surface area contributed by atoms with E-state index in [-0.39, 0.29) is 5.82 Å². The number of ether oxygens (including phenoxy) is 1. The zero-order valence-electron chi connectivity index (χ0n) is 8.66. The first-order valence-electron chi connectivity index (χ1n) is 4.83. The summed E-state index contributed by atoms with van der Waals surface area (Å²) < 4.78 is 18.9. The Morgan fingerprint density at radius 3 is 2.82 bits per heavy atom. The van der Waals surface area contributed by atoms with Crippen LogP contribution < -0.4 is 4.74 Å². The van der Waals surface area contributed by atoms with Crippen LogP contribution in [0.4, 0.5) is 4.39 Å². The molecule has 0 saturated carbocycles. The topological polar surface area (TPSA) is 22.1 Å². The van der Waals surface area contributed by atoms with Gasteiger partial charge in [-0.3, -0.25) is 0 Å². The fourth-order valence-corrected chi connectivity index (χ4v) is 1.77. The number of hydrogen-bond donors (Lipinski definition) is 0. The molecule has 0 aliphatic rings. The van der Waals surface area contributed by atoms with Crippen molar-refractivity contribution in [3.05, 3.63) is 52.4 Å². The van der Waals surface area contributed by atoms with E-state index < -0.39 is 0 Å². The zero-order chi connectivity index (χ0) is 12.3. The van der Waals surface area contributed by atoms with E-state index in [1.165, 1.54) is 12.1 Å². The molecule has 0 bridgehead atoms. The molecule has 17 heavy (non-hydrogen) atoms. The molecule has 0 N–H and O–H groups in total. The van der Waals surface area contributed by atoms with E-state index in [1.54, 1.807) is 24.4 Å². The quantitative estimate of drug-likeness (QED) is 0.777. The minimum Gasteiger partial charge on any atom is -0.439 e. The minimum absolute atomic E-state index is 0.334. The van der Waals surface area contributed by atoms with Crippen LogP contribution in [0.25, 0.3) is 0 Å². The number of rotatable bonds is 3. The molecule has 0 aliphatic heterocycles. The Labute approximate surface area is 112 Å². The van der Waals surface area contributed by atoms with Crippen molar-refractivity contribution >= 4 is 27.5 Å². The number of alkyl halides is 1. The first-order valence-corrected chi connectivity index (χ1v) is 6.15. The maximum atomic E-state index is 13.0. The highest BCUT2D eigenvalue weighted by Gasteiger charge is 2.03. The molecule has 0 unspecified atom stereocenters. The fraction of sp³-hybridized carbons (Fsp3) is 0.0833. The van der Waals surface area contributed by atoms with E-state index in [0.717, 1.165) is 5.56 Å². The van der Waals surface area contributed by atoms with E-state index >= 15 is 0 Å². The van der Waals surface area contributed by atoms with E-state index in [0.29, 0.717) is 22.0 Å². The lowest BCUT2D eigenvalue weighted by Crippen LogP contribution is -1.90. The van der Waals surface area contributed by atoms with Gasteiger partial charge in [-0.25, -0.2) is 9.37 Å². The molecule has 1 aromatic carbocycles. The van der Waals surface area contributed by atoms with E-state index in [1.807, 2.05) is 0 Å². The minimum atomic E-state index is -0.334. The van der Waals surface area contributed by atoms with Crippen molar-refractivity contribution in [2.24, 2.45) is 0 Å². The second-order valence-corrected chi connectivity index (χ2v) is 4.44. The van der Waals surface area contributed by atoms with Gasteiger partial charge in [0.2, 0.25) is 5.88 Å². The normalized spacial score (nSPS) is 10.3. The van der Waals surface area contributed by atoms with Crippen LogP contribution in [0, 0.1) is 5.82 Å². The Kier molecular flexibility index (Phi) is 3.97. The summed E-state index contributed by atoms with van der Waals surface area (Å²) in [6.07, 6.45) is 1.62. The van der Waals surface area contributed by atoms with Gasteiger partial charge in [0.15, 0.2) is 0 Å². The summed E-state index contributed by atoms with van der Waals surface area (Å²) in [5.74, 6) is 1.00. The average Bonchev–Trinajstić information content (AvgIpc) is 2.34. The van der Waals surface area contributed by atoms with Gasteiger partial charge in [-0.2, -0.15) is 0 Å². The molecule has 1 aromatic heterocycles. The van der Waals surface area contributed by atoms with Crippen LogP contribution in [0.3, 0.4) is 0 Å². The number of pyridine rings is 1. The van der Waals surface area contributed by atoms with Crippen molar-refractivity contribution in [1.29, 1.82) is 0 Å². The van der Waals surface area contributed by atoms with Gasteiger partial charge in [0, 0.05) is 18.1 Å². The standard InChI is InChI=1S/C12H8BrClFNO/c13-10-6-9(1-2-11(10)15)17-12-5-8(7-14)3-4-16-12/h1-6H,7H2. The maximum absolute atomic E-state index is 13.0. The van der Waals surface area contributed by atoms with Crippen LogP contribution in [-0.2, 0) is 5.88 Å². The van der Waals surface area contributed by atoms with Crippen LogP contribution >= 0.6 is 27.5 Å². The highest BCUT2D eigenvalue weighted by Crippen LogP contribution is 2.25. The maximum Gasteiger partial charge on any atom is 0.219 e. The second kappa shape index (κ2) is 5.47. The number of nitrogens with zero attached hydrogens (tertiary/aromatic N) is 1. The van der Waals surface area contributed by atoms with Crippen molar-refractivity contribution in [3.8, 4) is 11.6 Å². The molecule has 5 heteroatoms. The first kappa shape index (κ1) is 12.3. The summed E-state index contributed by atoms with van der Waals surface area (Å²) in [4.78, 5) is 4.04. The summed E-state index contributed by atoms with van der Waals surface area (Å²) in [5, 5.41) is 0. The summed E-state index contributed by atoms with van der Waals surface area (Å²) in [5.41, 5.74) is 0.915. The predicted molar refractivity (Wildman–Crippen MR) is 68.0 cm³/mol. The fourth-order valence-electron chi connectivity index (χ4n) is 1.25. The van der Waals surface area contributed by atoms with Gasteiger partial charge >= 0.3 is 0 Å². The lowest BCUT2D eigenvalue weighted by atomic mass is 10.3. The number of aromatic nitrogens is 1. The van der Waals surface area contributed by atoms with E-state index in [9.17, 15) is 4.39 Å². The van der Waals surface area contributed by atoms with Gasteiger partial charge in [-0.05, 0) is 45.8 Å². The van der Waals surface area contributed by atoms with Crippen LogP contribution in [-0.4, -0.2) is 4.98 Å². The Balaban J connectivity index is 2.22. The van der Waals surface area contributed by atoms with Crippen molar-refractivity contribution in [2.75, 3.05) is 0 Å². The van der Waals surface area contributed by atoms with Crippen molar-refractivity contribution in [1.82, 2.24) is 4.98 Å². The Morgan fingerprint density at radius 1 is 1.29 bits per heavy atom. The van der Waals surface area contributed by atoms with Gasteiger partial charge in [-0.15, -0.1) is 11.6 Å². The van der Waals surface area contributed by atoms with Gasteiger partial charge in [0.05, 0.1) is 4.47 Å². The zero-order valence-corrected chi connectivity index (χ0v) is 11.0. The summed E-state index contributed by atoms with van der Waals surface area (Å²) in [6, 6.07) is 7.95. The van der Waals surface area contributed by atoms with Crippen LogP contribution in [0.1, 0.15) is 5.56 Å². The van der Waals surface area contributed by atoms with Gasteiger partial charge in [0.25, 0.3) is 0 Å². The van der Waals surface area contributed by atoms with Crippen molar-refractivity contribution in [2.45, 2.75) is 5.88 Å². The summed E-state index contributed by atoms with van der Waals surface area (Å²) >= 11 is 8.80. The first-order chi connectivity index (χ1) is 8.19. The molecule has 0 fully saturated rings. The molecule has 1 heterocycles. The van der Waals surface area contributed by atoms with Crippen molar-refractivity contribution in [3.63, 3.8) is 0 Å². The summed E-state index contributed by atoms with van der Waals surface area (Å²) in [7, 11) is 0. The lowest BCUT2D eigenvalue weighted by Gasteiger charge is -2.06. The summed E-state index contributed by atoms with van der Waals surface area (Å²) in [6.45, 7) is 0. The number of halogens is 3. The molecule has 0 radical (unpaired) electrons. The van der Waals surface area contributed by atoms with Gasteiger partial charge < -0.3 is 4.74 Å². The van der Waals surface area contributed by atoms with Crippen LogP contribution in [0.2, 0.25) is 0 Å². The lowest BCUT2D eigenvalue weighted by molar-refractivity contribution is 0.460. The third-order valence-corrected chi connectivity index (χ3v) is 2.98.